The molecule has 5 aromatic rings. The van der Waals surface area contributed by atoms with Gasteiger partial charge in [-0.2, -0.15) is 0 Å². The van der Waals surface area contributed by atoms with Crippen LogP contribution in [0.3, 0.4) is 0 Å². The zero-order chi connectivity index (χ0) is 33.9. The number of nitrogens with zero attached hydrogens (tertiary/aromatic N) is 5. The maximum Gasteiger partial charge on any atom is 0.338 e. The first-order chi connectivity index (χ1) is 23.7. The molecule has 8 rings (SSSR count). The molecule has 3 atom stereocenters. The van der Waals surface area contributed by atoms with Crippen molar-refractivity contribution in [3.63, 3.8) is 0 Å². The van der Waals surface area contributed by atoms with E-state index in [4.69, 9.17) is 35.5 Å². The highest BCUT2D eigenvalue weighted by Gasteiger charge is 2.46. The van der Waals surface area contributed by atoms with E-state index in [9.17, 15) is 4.79 Å². The lowest BCUT2D eigenvalue weighted by Crippen LogP contribution is -2.59. The first-order valence-electron chi connectivity index (χ1n) is 15.9. The molecule has 3 aromatic carbocycles. The molecule has 3 aliphatic rings. The summed E-state index contributed by atoms with van der Waals surface area (Å²) in [6, 6.07) is 16.6. The lowest BCUT2D eigenvalue weighted by molar-refractivity contribution is -0.0705. The summed E-state index contributed by atoms with van der Waals surface area (Å²) in [6.45, 7) is 4.74. The van der Waals surface area contributed by atoms with E-state index in [2.05, 4.69) is 14.8 Å². The number of para-hydroxylation sites is 1. The number of hydrogen-bond acceptors (Lipinski definition) is 9. The molecule has 0 amide bonds. The Morgan fingerprint density at radius 1 is 1.02 bits per heavy atom. The van der Waals surface area contributed by atoms with Gasteiger partial charge in [0.05, 0.1) is 67.8 Å². The van der Waals surface area contributed by atoms with Crippen molar-refractivity contribution < 1.29 is 32.5 Å². The smallest absolute Gasteiger partial charge is 0.338 e. The Morgan fingerprint density at radius 3 is 2.67 bits per heavy atom. The van der Waals surface area contributed by atoms with Crippen LogP contribution in [0.2, 0.25) is 5.02 Å². The summed E-state index contributed by atoms with van der Waals surface area (Å²) >= 11 is 6.01. The predicted molar refractivity (Wildman–Crippen MR) is 177 cm³/mol. The van der Waals surface area contributed by atoms with Crippen molar-refractivity contribution in [2.45, 2.75) is 37.9 Å². The number of fused-ring (bicyclic) bond motifs is 3. The molecule has 3 aliphatic heterocycles. The first-order valence-corrected chi connectivity index (χ1v) is 16.3. The summed E-state index contributed by atoms with van der Waals surface area (Å²) in [5.74, 6) is -1.41. The number of benzene rings is 3. The van der Waals surface area contributed by atoms with Crippen LogP contribution < -0.4 is 14.4 Å². The monoisotopic (exact) mass is 687 g/mol. The fourth-order valence-corrected chi connectivity index (χ4v) is 7.32. The van der Waals surface area contributed by atoms with Gasteiger partial charge in [0, 0.05) is 37.4 Å². The second-order valence-corrected chi connectivity index (χ2v) is 12.9. The summed E-state index contributed by atoms with van der Waals surface area (Å²) in [5.41, 5.74) is 2.77. The van der Waals surface area contributed by atoms with Crippen LogP contribution in [-0.4, -0.2) is 70.9 Å². The number of methoxy groups -OCH3 is 1. The molecule has 2 saturated heterocycles. The Bertz CT molecular complexity index is 2080. The molecule has 0 saturated carbocycles. The number of halogens is 3. The lowest BCUT2D eigenvalue weighted by Gasteiger charge is -2.44. The molecule has 0 aliphatic carbocycles. The summed E-state index contributed by atoms with van der Waals surface area (Å²) in [5, 5.41) is 0.287. The molecule has 0 bridgehead atoms. The molecule has 2 fully saturated rings. The number of imidazole rings is 1. The van der Waals surface area contributed by atoms with Crippen molar-refractivity contribution in [2.75, 3.05) is 38.3 Å². The minimum Gasteiger partial charge on any atom is -0.465 e. The van der Waals surface area contributed by atoms with Crippen LogP contribution in [0, 0.1) is 11.6 Å². The van der Waals surface area contributed by atoms with E-state index in [0.29, 0.717) is 62.2 Å². The second-order valence-electron chi connectivity index (χ2n) is 12.5. The van der Waals surface area contributed by atoms with Crippen LogP contribution in [0.25, 0.3) is 11.0 Å². The number of carbonyl (C=O) groups is 1. The van der Waals surface area contributed by atoms with E-state index < -0.39 is 23.4 Å². The fourth-order valence-electron chi connectivity index (χ4n) is 7.17. The molecule has 49 heavy (non-hydrogen) atoms. The molecule has 2 aromatic heterocycles. The van der Waals surface area contributed by atoms with E-state index in [1.807, 2.05) is 34.9 Å². The van der Waals surface area contributed by atoms with Gasteiger partial charge in [0.15, 0.2) is 17.3 Å². The number of aromatic nitrogens is 3. The average molecular weight is 688 g/mol. The molecular weight excluding hydrogens is 656 g/mol. The van der Waals surface area contributed by atoms with Crippen molar-refractivity contribution in [1.82, 2.24) is 19.4 Å². The lowest BCUT2D eigenvalue weighted by atomic mass is 10.0. The molecule has 0 N–H and O–H groups in total. The van der Waals surface area contributed by atoms with E-state index in [0.717, 1.165) is 17.3 Å². The third kappa shape index (κ3) is 5.53. The van der Waals surface area contributed by atoms with Crippen LogP contribution in [0.5, 0.6) is 11.5 Å². The van der Waals surface area contributed by atoms with Gasteiger partial charge in [0.2, 0.25) is 0 Å². The average Bonchev–Trinajstić information content (AvgIpc) is 3.81. The van der Waals surface area contributed by atoms with Gasteiger partial charge in [0.1, 0.15) is 17.2 Å². The Kier molecular flexibility index (Phi) is 7.89. The topological polar surface area (TPSA) is 91.2 Å². The van der Waals surface area contributed by atoms with Crippen LogP contribution in [-0.2, 0) is 28.4 Å². The Morgan fingerprint density at radius 2 is 1.88 bits per heavy atom. The van der Waals surface area contributed by atoms with Gasteiger partial charge >= 0.3 is 5.97 Å². The zero-order valence-corrected chi connectivity index (χ0v) is 27.5. The van der Waals surface area contributed by atoms with Crippen LogP contribution in [0.1, 0.15) is 34.2 Å². The van der Waals surface area contributed by atoms with Gasteiger partial charge in [-0.05, 0) is 54.1 Å². The van der Waals surface area contributed by atoms with Crippen molar-refractivity contribution in [3.05, 3.63) is 112 Å². The molecule has 3 unspecified atom stereocenters. The highest BCUT2D eigenvalue weighted by molar-refractivity contribution is 6.30. The molecular formula is C36H32ClF2N5O5. The number of rotatable bonds is 7. The third-order valence-corrected chi connectivity index (χ3v) is 9.76. The second kappa shape index (κ2) is 12.3. The van der Waals surface area contributed by atoms with Crippen LogP contribution in [0.4, 0.5) is 14.5 Å². The Hall–Kier alpha value is -4.78. The van der Waals surface area contributed by atoms with Gasteiger partial charge in [-0.25, -0.2) is 18.6 Å². The molecule has 13 heteroatoms. The van der Waals surface area contributed by atoms with Gasteiger partial charge in [-0.15, -0.1) is 0 Å². The van der Waals surface area contributed by atoms with Crippen LogP contribution >= 0.6 is 11.6 Å². The zero-order valence-electron chi connectivity index (χ0n) is 26.7. The quantitative estimate of drug-likeness (QED) is 0.193. The van der Waals surface area contributed by atoms with E-state index in [-0.39, 0.29) is 33.7 Å². The molecule has 0 radical (unpaired) electrons. The number of carbonyl (C=O) groups excluding carboxylic acids is 1. The number of esters is 1. The summed E-state index contributed by atoms with van der Waals surface area (Å²) in [4.78, 5) is 26.0. The largest absolute Gasteiger partial charge is 0.465 e. The molecule has 10 nitrogen and oxygen atoms in total. The van der Waals surface area contributed by atoms with Crippen molar-refractivity contribution in [3.8, 4) is 11.5 Å². The maximum absolute atomic E-state index is 15.4. The standard InChI is InChI=1S/C36H32ClF2N5O5/c1-36(24-9-8-23(37)15-25(24)38)48-31-7-3-6-27(34(31)49-36)43-12-11-42(29-19-47-20-30(29)43)18-32-41-33-26(39)13-22(35(45)46-2)14-28(33)44(32)17-21-5-4-10-40-16-21/h3-10,13-16,29-30H,11-12,17-20H2,1-2H3. The van der Waals surface area contributed by atoms with Crippen molar-refractivity contribution in [2.24, 2.45) is 0 Å². The van der Waals surface area contributed by atoms with E-state index in [1.165, 1.54) is 13.2 Å². The minimum absolute atomic E-state index is 0.0193. The van der Waals surface area contributed by atoms with Gasteiger partial charge in [0.25, 0.3) is 5.79 Å². The van der Waals surface area contributed by atoms with Crippen molar-refractivity contribution >= 4 is 34.3 Å². The minimum atomic E-state index is -1.38. The van der Waals surface area contributed by atoms with E-state index in [1.54, 1.807) is 37.5 Å². The Balaban J connectivity index is 1.10. The maximum atomic E-state index is 15.4. The highest BCUT2D eigenvalue weighted by Crippen LogP contribution is 2.51. The SMILES string of the molecule is COC(=O)c1cc(F)c2nc(CN3CCN(c4cccc5c4OC(C)(c4ccc(Cl)cc4F)O5)C4COCC43)n(Cc3cccnc3)c2c1. The third-order valence-electron chi connectivity index (χ3n) is 9.52. The van der Waals surface area contributed by atoms with E-state index >= 15 is 8.78 Å². The molecule has 5 heterocycles. The van der Waals surface area contributed by atoms with Crippen LogP contribution in [0.15, 0.2) is 73.1 Å². The summed E-state index contributed by atoms with van der Waals surface area (Å²) in [6.07, 6.45) is 3.45. The summed E-state index contributed by atoms with van der Waals surface area (Å²) < 4.78 is 56.0. The van der Waals surface area contributed by atoms with Gasteiger partial charge in [-0.3, -0.25) is 9.88 Å². The molecule has 0 spiro atoms. The number of piperazine rings is 1. The highest BCUT2D eigenvalue weighted by atomic mass is 35.5. The number of anilines is 1. The fraction of sp³-hybridized carbons (Fsp3) is 0.306. The number of pyridine rings is 1. The van der Waals surface area contributed by atoms with Crippen molar-refractivity contribution in [1.29, 1.82) is 0 Å². The van der Waals surface area contributed by atoms with Gasteiger partial charge in [-0.1, -0.05) is 23.7 Å². The Labute approximate surface area is 285 Å². The molecule has 252 valence electrons. The summed E-state index contributed by atoms with van der Waals surface area (Å²) in [7, 11) is 1.27. The first kappa shape index (κ1) is 31.5. The number of hydrogen-bond donors (Lipinski definition) is 0. The van der Waals surface area contributed by atoms with Gasteiger partial charge < -0.3 is 28.4 Å². The normalized spacial score (nSPS) is 21.7. The predicted octanol–water partition coefficient (Wildman–Crippen LogP) is 5.93. The number of ether oxygens (including phenoxy) is 4.